The highest BCUT2D eigenvalue weighted by Crippen LogP contribution is 2.26. The Bertz CT molecular complexity index is 578. The van der Waals surface area contributed by atoms with Crippen LogP contribution >= 0.6 is 15.9 Å². The van der Waals surface area contributed by atoms with Gasteiger partial charge in [-0.15, -0.1) is 0 Å². The van der Waals surface area contributed by atoms with Gasteiger partial charge in [0.25, 0.3) is 0 Å². The standard InChI is InChI=1S/C14H18BrN3O/c1-9(16)11-6-4-5-7-13(11)19-8-12-14(15)10(2)17-18(12)3/h4-7,9H,8,16H2,1-3H3/t9-/m1/s1. The van der Waals surface area contributed by atoms with E-state index in [4.69, 9.17) is 10.5 Å². The molecule has 2 aromatic rings. The first kappa shape index (κ1) is 14.1. The van der Waals surface area contributed by atoms with Crippen molar-refractivity contribution in [3.8, 4) is 5.75 Å². The zero-order valence-corrected chi connectivity index (χ0v) is 12.9. The van der Waals surface area contributed by atoms with Crippen molar-refractivity contribution < 1.29 is 4.74 Å². The van der Waals surface area contributed by atoms with E-state index in [-0.39, 0.29) is 6.04 Å². The molecule has 0 saturated heterocycles. The van der Waals surface area contributed by atoms with Gasteiger partial charge in [-0.05, 0) is 35.8 Å². The minimum atomic E-state index is -0.0482. The molecule has 102 valence electrons. The highest BCUT2D eigenvalue weighted by molar-refractivity contribution is 9.10. The predicted molar refractivity (Wildman–Crippen MR) is 79.0 cm³/mol. The molecule has 0 spiro atoms. The van der Waals surface area contributed by atoms with Crippen LogP contribution < -0.4 is 10.5 Å². The Labute approximate surface area is 121 Å². The Hall–Kier alpha value is -1.33. The summed E-state index contributed by atoms with van der Waals surface area (Å²) < 4.78 is 8.71. The Morgan fingerprint density at radius 1 is 1.42 bits per heavy atom. The maximum Gasteiger partial charge on any atom is 0.131 e. The quantitative estimate of drug-likeness (QED) is 0.940. The van der Waals surface area contributed by atoms with Gasteiger partial charge in [0.15, 0.2) is 0 Å². The lowest BCUT2D eigenvalue weighted by Crippen LogP contribution is -2.09. The largest absolute Gasteiger partial charge is 0.487 e. The third-order valence-electron chi connectivity index (χ3n) is 3.04. The summed E-state index contributed by atoms with van der Waals surface area (Å²) in [6.45, 7) is 4.37. The second kappa shape index (κ2) is 5.75. The average molecular weight is 324 g/mol. The first-order valence-electron chi connectivity index (χ1n) is 6.16. The summed E-state index contributed by atoms with van der Waals surface area (Å²) in [5.74, 6) is 0.822. The molecule has 0 aliphatic carbocycles. The molecule has 0 saturated carbocycles. The first-order valence-corrected chi connectivity index (χ1v) is 6.95. The summed E-state index contributed by atoms with van der Waals surface area (Å²) in [5.41, 5.74) is 8.92. The predicted octanol–water partition coefficient (Wildman–Crippen LogP) is 3.09. The zero-order valence-electron chi connectivity index (χ0n) is 11.4. The number of ether oxygens (including phenoxy) is 1. The van der Waals surface area contributed by atoms with Gasteiger partial charge in [0.05, 0.1) is 15.9 Å². The molecule has 19 heavy (non-hydrogen) atoms. The number of rotatable bonds is 4. The van der Waals surface area contributed by atoms with Crippen LogP contribution in [0.15, 0.2) is 28.7 Å². The van der Waals surface area contributed by atoms with Gasteiger partial charge in [-0.1, -0.05) is 18.2 Å². The number of aryl methyl sites for hydroxylation is 2. The number of hydrogen-bond donors (Lipinski definition) is 1. The lowest BCUT2D eigenvalue weighted by atomic mass is 10.1. The lowest BCUT2D eigenvalue weighted by molar-refractivity contribution is 0.290. The fourth-order valence-corrected chi connectivity index (χ4v) is 2.42. The Kier molecular flexibility index (Phi) is 4.27. The van der Waals surface area contributed by atoms with Crippen LogP contribution in [0.4, 0.5) is 0 Å². The number of halogens is 1. The summed E-state index contributed by atoms with van der Waals surface area (Å²) in [6.07, 6.45) is 0. The summed E-state index contributed by atoms with van der Waals surface area (Å²) in [5, 5.41) is 4.35. The summed E-state index contributed by atoms with van der Waals surface area (Å²) in [6, 6.07) is 7.80. The zero-order chi connectivity index (χ0) is 14.0. The molecule has 2 rings (SSSR count). The smallest absolute Gasteiger partial charge is 0.131 e. The molecule has 0 unspecified atom stereocenters. The topological polar surface area (TPSA) is 53.1 Å². The van der Waals surface area contributed by atoms with Crippen LogP contribution in [-0.4, -0.2) is 9.78 Å². The van der Waals surface area contributed by atoms with E-state index in [9.17, 15) is 0 Å². The van der Waals surface area contributed by atoms with E-state index in [1.165, 1.54) is 0 Å². The minimum Gasteiger partial charge on any atom is -0.487 e. The number of para-hydroxylation sites is 1. The van der Waals surface area contributed by atoms with E-state index in [0.29, 0.717) is 6.61 Å². The molecule has 1 aromatic carbocycles. The number of benzene rings is 1. The Morgan fingerprint density at radius 2 is 2.11 bits per heavy atom. The molecule has 0 aliphatic rings. The number of nitrogens with zero attached hydrogens (tertiary/aromatic N) is 2. The molecule has 0 aliphatic heterocycles. The van der Waals surface area contributed by atoms with Gasteiger partial charge >= 0.3 is 0 Å². The molecular formula is C14H18BrN3O. The van der Waals surface area contributed by atoms with Gasteiger partial charge in [-0.3, -0.25) is 4.68 Å². The molecule has 0 fully saturated rings. The fraction of sp³-hybridized carbons (Fsp3) is 0.357. The molecule has 5 heteroatoms. The van der Waals surface area contributed by atoms with Gasteiger partial charge in [0, 0.05) is 18.7 Å². The highest BCUT2D eigenvalue weighted by Gasteiger charge is 2.13. The summed E-state index contributed by atoms with van der Waals surface area (Å²) >= 11 is 3.53. The molecule has 0 amide bonds. The molecule has 2 N–H and O–H groups in total. The number of nitrogens with two attached hydrogens (primary N) is 1. The van der Waals surface area contributed by atoms with Crippen LogP contribution in [0.5, 0.6) is 5.75 Å². The lowest BCUT2D eigenvalue weighted by Gasteiger charge is -2.14. The van der Waals surface area contributed by atoms with Crippen LogP contribution in [0.25, 0.3) is 0 Å². The van der Waals surface area contributed by atoms with Crippen molar-refractivity contribution in [1.29, 1.82) is 0 Å². The summed E-state index contributed by atoms with van der Waals surface area (Å²) in [4.78, 5) is 0. The third-order valence-corrected chi connectivity index (χ3v) is 4.07. The monoisotopic (exact) mass is 323 g/mol. The third kappa shape index (κ3) is 2.98. The van der Waals surface area contributed by atoms with E-state index in [0.717, 1.165) is 27.2 Å². The molecular weight excluding hydrogens is 306 g/mol. The van der Waals surface area contributed by atoms with Crippen molar-refractivity contribution in [1.82, 2.24) is 9.78 Å². The van der Waals surface area contributed by atoms with Gasteiger partial charge in [-0.25, -0.2) is 0 Å². The van der Waals surface area contributed by atoms with Crippen molar-refractivity contribution in [2.24, 2.45) is 12.8 Å². The molecule has 4 nitrogen and oxygen atoms in total. The normalized spacial score (nSPS) is 12.5. The van der Waals surface area contributed by atoms with E-state index in [1.807, 2.05) is 49.8 Å². The maximum absolute atomic E-state index is 5.94. The van der Waals surface area contributed by atoms with Crippen LogP contribution in [0.1, 0.15) is 29.9 Å². The van der Waals surface area contributed by atoms with E-state index < -0.39 is 0 Å². The molecule has 0 radical (unpaired) electrons. The second-order valence-electron chi connectivity index (χ2n) is 4.58. The van der Waals surface area contributed by atoms with E-state index >= 15 is 0 Å². The minimum absolute atomic E-state index is 0.0482. The van der Waals surface area contributed by atoms with Gasteiger partial charge in [-0.2, -0.15) is 5.10 Å². The first-order chi connectivity index (χ1) is 9.00. The van der Waals surface area contributed by atoms with Gasteiger partial charge in [0.1, 0.15) is 12.4 Å². The molecule has 0 bridgehead atoms. The van der Waals surface area contributed by atoms with Gasteiger partial charge in [0.2, 0.25) is 0 Å². The average Bonchev–Trinajstić information content (AvgIpc) is 2.61. The van der Waals surface area contributed by atoms with E-state index in [1.54, 1.807) is 0 Å². The fourth-order valence-electron chi connectivity index (χ4n) is 1.97. The number of aromatic nitrogens is 2. The highest BCUT2D eigenvalue weighted by atomic mass is 79.9. The van der Waals surface area contributed by atoms with Crippen molar-refractivity contribution in [3.63, 3.8) is 0 Å². The summed E-state index contributed by atoms with van der Waals surface area (Å²) in [7, 11) is 1.91. The molecule has 1 heterocycles. The van der Waals surface area contributed by atoms with Crippen LogP contribution in [-0.2, 0) is 13.7 Å². The van der Waals surface area contributed by atoms with Crippen molar-refractivity contribution in [2.45, 2.75) is 26.5 Å². The maximum atomic E-state index is 5.94. The Balaban J connectivity index is 2.19. The SMILES string of the molecule is Cc1nn(C)c(COc2ccccc2[C@@H](C)N)c1Br. The van der Waals surface area contributed by atoms with Crippen molar-refractivity contribution in [2.75, 3.05) is 0 Å². The van der Waals surface area contributed by atoms with Gasteiger partial charge < -0.3 is 10.5 Å². The van der Waals surface area contributed by atoms with Crippen molar-refractivity contribution >= 4 is 15.9 Å². The van der Waals surface area contributed by atoms with Crippen LogP contribution in [0.2, 0.25) is 0 Å². The van der Waals surface area contributed by atoms with Crippen LogP contribution in [0, 0.1) is 6.92 Å². The molecule has 1 atom stereocenters. The number of hydrogen-bond acceptors (Lipinski definition) is 3. The second-order valence-corrected chi connectivity index (χ2v) is 5.38. The van der Waals surface area contributed by atoms with Crippen molar-refractivity contribution in [3.05, 3.63) is 45.7 Å². The van der Waals surface area contributed by atoms with E-state index in [2.05, 4.69) is 21.0 Å². The van der Waals surface area contributed by atoms with Crippen LogP contribution in [0.3, 0.4) is 0 Å². The Morgan fingerprint density at radius 3 is 2.68 bits per heavy atom. The molecule has 1 aromatic heterocycles.